The number of amides is 3. The normalized spacial score (nSPS) is 24.5. The molecule has 5 rings (SSSR count). The molecular formula is C25H27FN4O9. The van der Waals surface area contributed by atoms with Crippen LogP contribution in [0.25, 0.3) is 0 Å². The van der Waals surface area contributed by atoms with Gasteiger partial charge in [0, 0.05) is 36.3 Å². The van der Waals surface area contributed by atoms with Gasteiger partial charge in [0.25, 0.3) is 23.5 Å². The van der Waals surface area contributed by atoms with Crippen LogP contribution >= 0.6 is 0 Å². The number of halogens is 1. The van der Waals surface area contributed by atoms with Gasteiger partial charge in [-0.2, -0.15) is 0 Å². The monoisotopic (exact) mass is 546 g/mol. The van der Waals surface area contributed by atoms with Gasteiger partial charge in [-0.3, -0.25) is 30.3 Å². The van der Waals surface area contributed by atoms with Crippen LogP contribution in [-0.4, -0.2) is 91.5 Å². The van der Waals surface area contributed by atoms with E-state index in [0.29, 0.717) is 24.7 Å². The summed E-state index contributed by atoms with van der Waals surface area (Å²) in [5.74, 6) is -12.6. The summed E-state index contributed by atoms with van der Waals surface area (Å²) in [6.45, 7) is 2.61. The first-order valence-corrected chi connectivity index (χ1v) is 12.1. The molecule has 39 heavy (non-hydrogen) atoms. The zero-order valence-corrected chi connectivity index (χ0v) is 20.6. The van der Waals surface area contributed by atoms with Crippen molar-refractivity contribution in [2.75, 3.05) is 26.3 Å². The minimum Gasteiger partial charge on any atom is -0.488 e. The number of rotatable bonds is 6. The molecule has 2 aromatic rings. The lowest BCUT2D eigenvalue weighted by Gasteiger charge is -2.51. The van der Waals surface area contributed by atoms with Gasteiger partial charge in [0.15, 0.2) is 0 Å². The third-order valence-corrected chi connectivity index (χ3v) is 7.27. The Balaban J connectivity index is 1.35. The van der Waals surface area contributed by atoms with Gasteiger partial charge in [-0.15, -0.1) is 0 Å². The summed E-state index contributed by atoms with van der Waals surface area (Å²) in [4.78, 5) is 40.2. The first kappa shape index (κ1) is 27.1. The fourth-order valence-corrected chi connectivity index (χ4v) is 4.88. The summed E-state index contributed by atoms with van der Waals surface area (Å²) in [5, 5.41) is 42.5. The molecule has 208 valence electrons. The molecule has 0 spiro atoms. The zero-order chi connectivity index (χ0) is 28.2. The molecule has 3 heterocycles. The molecule has 2 aromatic carbocycles. The van der Waals surface area contributed by atoms with Gasteiger partial charge in [-0.05, 0) is 23.8 Å². The number of ether oxygens (including phenoxy) is 2. The molecule has 1 unspecified atom stereocenters. The highest BCUT2D eigenvalue weighted by atomic mass is 19.1. The number of morpholine rings is 1. The zero-order valence-electron chi connectivity index (χ0n) is 20.6. The first-order chi connectivity index (χ1) is 18.4. The lowest BCUT2D eigenvalue weighted by atomic mass is 9.84. The number of imide groups is 1. The molecule has 0 saturated carbocycles. The molecule has 3 aliphatic heterocycles. The van der Waals surface area contributed by atoms with E-state index in [9.17, 15) is 39.2 Å². The number of carbonyl (C=O) groups is 3. The van der Waals surface area contributed by atoms with Gasteiger partial charge in [0.1, 0.15) is 18.2 Å². The molecule has 0 aliphatic carbocycles. The van der Waals surface area contributed by atoms with Crippen LogP contribution in [-0.2, 0) is 34.0 Å². The van der Waals surface area contributed by atoms with E-state index in [1.165, 1.54) is 29.6 Å². The molecule has 7 N–H and O–H groups in total. The third-order valence-electron chi connectivity index (χ3n) is 7.27. The molecule has 3 amide bonds. The fourth-order valence-electron chi connectivity index (χ4n) is 4.88. The highest BCUT2D eigenvalue weighted by Gasteiger charge is 2.75. The van der Waals surface area contributed by atoms with Gasteiger partial charge in [-0.1, -0.05) is 18.2 Å². The van der Waals surface area contributed by atoms with Crippen LogP contribution in [0.5, 0.6) is 5.75 Å². The van der Waals surface area contributed by atoms with E-state index >= 15 is 0 Å². The molecule has 14 heteroatoms. The third kappa shape index (κ3) is 4.26. The van der Waals surface area contributed by atoms with E-state index in [1.54, 1.807) is 12.1 Å². The van der Waals surface area contributed by atoms with E-state index in [0.717, 1.165) is 18.7 Å². The van der Waals surface area contributed by atoms with Gasteiger partial charge < -0.3 is 34.8 Å². The second-order valence-electron chi connectivity index (χ2n) is 9.67. The van der Waals surface area contributed by atoms with Crippen LogP contribution < -0.4 is 15.8 Å². The van der Waals surface area contributed by atoms with E-state index in [-0.39, 0.29) is 29.0 Å². The summed E-state index contributed by atoms with van der Waals surface area (Å²) in [5.41, 5.74) is 3.94. The lowest BCUT2D eigenvalue weighted by Crippen LogP contribution is -2.88. The lowest BCUT2D eigenvalue weighted by molar-refractivity contribution is -0.374. The number of fused-ring (bicyclic) bond motifs is 1. The fraction of sp³-hybridized carbons (Fsp3) is 0.400. The standard InChI is InChI=1S/C25H27FN4O9/c26-18-10-14(11-29-6-8-38-9-7-29)4-5-15(18)13-39-19-3-1-2-16-17(19)12-30(20(16)31)23(27)21(32)28-22(33)24(34,35)25(23,36)37/h1-5,10,34-37H,6-9,11-13,27H2,(H,28,32,33). The minimum atomic E-state index is -3.98. The van der Waals surface area contributed by atoms with Crippen molar-refractivity contribution in [1.29, 1.82) is 0 Å². The maximum atomic E-state index is 14.9. The largest absolute Gasteiger partial charge is 0.488 e. The highest BCUT2D eigenvalue weighted by molar-refractivity contribution is 6.10. The molecule has 3 aliphatic rings. The predicted octanol–water partition coefficient (Wildman–Crippen LogP) is -2.13. The Bertz CT molecular complexity index is 1340. The van der Waals surface area contributed by atoms with Gasteiger partial charge in [0.05, 0.1) is 19.8 Å². The van der Waals surface area contributed by atoms with Crippen LogP contribution in [0, 0.1) is 5.82 Å². The number of piperidine rings is 1. The van der Waals surface area contributed by atoms with Crippen molar-refractivity contribution in [1.82, 2.24) is 15.1 Å². The highest BCUT2D eigenvalue weighted by Crippen LogP contribution is 2.41. The van der Waals surface area contributed by atoms with E-state index in [2.05, 4.69) is 4.90 Å². The smallest absolute Gasteiger partial charge is 0.305 e. The Morgan fingerprint density at radius 3 is 2.46 bits per heavy atom. The Hall–Kier alpha value is -3.50. The maximum Gasteiger partial charge on any atom is 0.305 e. The SMILES string of the molecule is NC1(N2Cc3c(OCc4ccc(CN5CCOCC5)cc4F)cccc3C2=O)C(=O)NC(=O)C(O)(O)C1(O)O. The Labute approximate surface area is 221 Å². The number of benzene rings is 2. The van der Waals surface area contributed by atoms with Crippen molar-refractivity contribution in [3.8, 4) is 5.75 Å². The van der Waals surface area contributed by atoms with Crippen molar-refractivity contribution in [2.45, 2.75) is 36.9 Å². The minimum absolute atomic E-state index is 0.0272. The van der Waals surface area contributed by atoms with Crippen LogP contribution in [0.15, 0.2) is 36.4 Å². The summed E-state index contributed by atoms with van der Waals surface area (Å²) in [6.07, 6.45) is 0. The summed E-state index contributed by atoms with van der Waals surface area (Å²) in [7, 11) is 0. The number of hydrogen-bond acceptors (Lipinski definition) is 11. The number of nitrogens with zero attached hydrogens (tertiary/aromatic N) is 2. The number of hydrogen-bond donors (Lipinski definition) is 6. The van der Waals surface area contributed by atoms with E-state index < -0.39 is 47.3 Å². The Morgan fingerprint density at radius 2 is 1.77 bits per heavy atom. The summed E-state index contributed by atoms with van der Waals surface area (Å²) < 4.78 is 26.0. The quantitative estimate of drug-likeness (QED) is 0.171. The average Bonchev–Trinajstić information content (AvgIpc) is 3.24. The second-order valence-corrected chi connectivity index (χ2v) is 9.67. The van der Waals surface area contributed by atoms with Crippen molar-refractivity contribution in [3.63, 3.8) is 0 Å². The second kappa shape index (κ2) is 9.60. The molecule has 13 nitrogen and oxygen atoms in total. The molecule has 0 radical (unpaired) electrons. The van der Waals surface area contributed by atoms with Crippen LogP contribution in [0.2, 0.25) is 0 Å². The topological polar surface area (TPSA) is 195 Å². The Kier molecular flexibility index (Phi) is 6.67. The summed E-state index contributed by atoms with van der Waals surface area (Å²) in [6, 6.07) is 9.12. The van der Waals surface area contributed by atoms with E-state index in [1.807, 2.05) is 0 Å². The maximum absolute atomic E-state index is 14.9. The van der Waals surface area contributed by atoms with E-state index in [4.69, 9.17) is 15.2 Å². The van der Waals surface area contributed by atoms with Crippen molar-refractivity contribution in [2.24, 2.45) is 5.73 Å². The number of nitrogens with two attached hydrogens (primary N) is 1. The van der Waals surface area contributed by atoms with Crippen LogP contribution in [0.3, 0.4) is 0 Å². The predicted molar refractivity (Wildman–Crippen MR) is 128 cm³/mol. The van der Waals surface area contributed by atoms with Gasteiger partial charge >= 0.3 is 5.79 Å². The average molecular weight is 547 g/mol. The number of carbonyl (C=O) groups excluding carboxylic acids is 3. The molecule has 2 fully saturated rings. The van der Waals surface area contributed by atoms with Crippen LogP contribution in [0.4, 0.5) is 4.39 Å². The van der Waals surface area contributed by atoms with Gasteiger partial charge in [0.2, 0.25) is 5.66 Å². The van der Waals surface area contributed by atoms with Crippen molar-refractivity contribution in [3.05, 3.63) is 64.5 Å². The number of nitrogens with one attached hydrogen (secondary N) is 1. The Morgan fingerprint density at radius 1 is 1.05 bits per heavy atom. The first-order valence-electron chi connectivity index (χ1n) is 12.1. The molecule has 1 atom stereocenters. The van der Waals surface area contributed by atoms with Crippen molar-refractivity contribution >= 4 is 17.7 Å². The number of aliphatic hydroxyl groups is 4. The molecular weight excluding hydrogens is 519 g/mol. The molecule has 0 bridgehead atoms. The molecule has 2 saturated heterocycles. The molecule has 0 aromatic heterocycles. The van der Waals surface area contributed by atoms with Crippen LogP contribution in [0.1, 0.15) is 27.0 Å². The van der Waals surface area contributed by atoms with Crippen molar-refractivity contribution < 1.29 is 48.7 Å². The summed E-state index contributed by atoms with van der Waals surface area (Å²) >= 11 is 0. The van der Waals surface area contributed by atoms with Gasteiger partial charge in [-0.25, -0.2) is 4.39 Å².